The quantitative estimate of drug-likeness (QED) is 0.352. The number of hydrogen-bond donors (Lipinski definition) is 1. The Morgan fingerprint density at radius 3 is 1.00 bits per heavy atom. The monoisotopic (exact) mass is 472 g/mol. The summed E-state index contributed by atoms with van der Waals surface area (Å²) in [7, 11) is 0. The zero-order chi connectivity index (χ0) is 16.8. The second-order valence-electron chi connectivity index (χ2n) is 2.16. The van der Waals surface area contributed by atoms with Crippen LogP contribution in [0.2, 0.25) is 0 Å². The Labute approximate surface area is 156 Å². The molecule has 0 radical (unpaired) electrons. The zero-order valence-corrected chi connectivity index (χ0v) is 15.2. The number of carbonyl (C=O) groups is 2. The smallest absolute Gasteiger partial charge is 0.450 e. The Balaban J connectivity index is 0. The van der Waals surface area contributed by atoms with Crippen LogP contribution in [-0.4, -0.2) is 29.4 Å². The van der Waals surface area contributed by atoms with Crippen LogP contribution >= 0.6 is 104 Å². The van der Waals surface area contributed by atoms with E-state index in [-0.39, 0.29) is 0 Å². The number of rotatable bonds is 0. The van der Waals surface area contributed by atoms with Gasteiger partial charge in [0.15, 0.2) is 0 Å². The van der Waals surface area contributed by atoms with E-state index in [2.05, 4.69) is 14.2 Å². The molecule has 0 aliphatic rings. The van der Waals surface area contributed by atoms with Gasteiger partial charge in [-0.15, -0.1) is 0 Å². The van der Waals surface area contributed by atoms with Crippen LogP contribution in [0.5, 0.6) is 0 Å². The van der Waals surface area contributed by atoms with Gasteiger partial charge in [0.1, 0.15) is 0 Å². The van der Waals surface area contributed by atoms with Gasteiger partial charge in [-0.2, -0.15) is 0 Å². The predicted molar refractivity (Wildman–Crippen MR) is 77.5 cm³/mol. The standard InChI is InChI=1S/C3Cl6O3.C2HCl3O3/c4-2(5,6)11-1(10)12-3(7,8)9;3-2(4,5)8-1(6)7/h;(H,6,7). The molecule has 1 N–H and O–H groups in total. The van der Waals surface area contributed by atoms with Gasteiger partial charge in [-0.3, -0.25) is 0 Å². The summed E-state index contributed by atoms with van der Waals surface area (Å²) in [5.41, 5.74) is 0. The Kier molecular flexibility index (Phi) is 10.9. The second kappa shape index (κ2) is 9.33. The average Bonchev–Trinajstić information content (AvgIpc) is 1.88. The molecule has 0 unspecified atom stereocenters. The highest BCUT2D eigenvalue weighted by atomic mass is 35.6. The fourth-order valence-electron chi connectivity index (χ4n) is 0.309. The fraction of sp³-hybridized carbons (Fsp3) is 0.600. The van der Waals surface area contributed by atoms with Crippen LogP contribution in [0.15, 0.2) is 0 Å². The van der Waals surface area contributed by atoms with Gasteiger partial charge in [0.25, 0.3) is 0 Å². The molecule has 0 spiro atoms. The topological polar surface area (TPSA) is 82.1 Å². The van der Waals surface area contributed by atoms with Gasteiger partial charge in [0.05, 0.1) is 0 Å². The first-order chi connectivity index (χ1) is 8.52. The molecular weight excluding hydrogens is 475 g/mol. The molecule has 0 aromatic heterocycles. The van der Waals surface area contributed by atoms with Crippen molar-refractivity contribution in [3.63, 3.8) is 0 Å². The Morgan fingerprint density at radius 2 is 0.900 bits per heavy atom. The molecule has 0 rings (SSSR count). The lowest BCUT2D eigenvalue weighted by molar-refractivity contribution is 0.0508. The summed E-state index contributed by atoms with van der Waals surface area (Å²) in [6.45, 7) is 0. The molecule has 120 valence electrons. The van der Waals surface area contributed by atoms with Crippen LogP contribution in [0, 0.1) is 0 Å². The van der Waals surface area contributed by atoms with Gasteiger partial charge in [0, 0.05) is 0 Å². The van der Waals surface area contributed by atoms with E-state index >= 15 is 0 Å². The van der Waals surface area contributed by atoms with E-state index in [4.69, 9.17) is 110 Å². The SMILES string of the molecule is O=C(O)OC(Cl)(Cl)Cl.O=C(OC(Cl)(Cl)Cl)OC(Cl)(Cl)Cl. The normalized spacial score (nSPS) is 11.8. The van der Waals surface area contributed by atoms with Crippen molar-refractivity contribution in [3.8, 4) is 0 Å². The molecule has 0 saturated heterocycles. The molecule has 0 saturated carbocycles. The molecule has 0 fully saturated rings. The van der Waals surface area contributed by atoms with Crippen molar-refractivity contribution in [2.24, 2.45) is 0 Å². The fourth-order valence-corrected chi connectivity index (χ4v) is 0.885. The number of alkyl halides is 9. The largest absolute Gasteiger partial charge is 0.515 e. The molecule has 15 heteroatoms. The minimum Gasteiger partial charge on any atom is -0.450 e. The minimum atomic E-state index is -2.24. The maximum absolute atomic E-state index is 10.5. The van der Waals surface area contributed by atoms with Gasteiger partial charge in [-0.05, 0) is 104 Å². The minimum absolute atomic E-state index is 1.41. The maximum Gasteiger partial charge on any atom is 0.515 e. The molecule has 0 heterocycles. The summed E-state index contributed by atoms with van der Waals surface area (Å²) in [5.74, 6) is 0. The van der Waals surface area contributed by atoms with E-state index < -0.39 is 24.2 Å². The number of carboxylic acid groups (broad SMARTS) is 1. The number of halogens is 9. The molecule has 20 heavy (non-hydrogen) atoms. The highest BCUT2D eigenvalue weighted by Gasteiger charge is 2.32. The Bertz CT molecular complexity index is 309. The first kappa shape index (κ1) is 23.4. The molecule has 0 aliphatic carbocycles. The summed E-state index contributed by atoms with van der Waals surface area (Å²) >= 11 is 44.8. The predicted octanol–water partition coefficient (Wildman–Crippen LogP) is 5.80. The first-order valence-electron chi connectivity index (χ1n) is 3.56. The third-order valence-corrected chi connectivity index (χ3v) is 1.30. The molecule has 6 nitrogen and oxygen atoms in total. The summed E-state index contributed by atoms with van der Waals surface area (Å²) in [4.78, 5) is 20.1. The van der Waals surface area contributed by atoms with Gasteiger partial charge in [-0.25, -0.2) is 9.59 Å². The van der Waals surface area contributed by atoms with Crippen LogP contribution in [-0.2, 0) is 14.2 Å². The van der Waals surface area contributed by atoms with Crippen molar-refractivity contribution in [3.05, 3.63) is 0 Å². The molecule has 0 bridgehead atoms. The summed E-state index contributed by atoms with van der Waals surface area (Å²) in [5, 5.41) is 7.77. The van der Waals surface area contributed by atoms with Crippen LogP contribution in [0.1, 0.15) is 0 Å². The summed E-state index contributed by atoms with van der Waals surface area (Å²) in [6.07, 6.45) is -3.03. The molecule has 0 aromatic rings. The van der Waals surface area contributed by atoms with E-state index in [0.717, 1.165) is 0 Å². The van der Waals surface area contributed by atoms with Gasteiger partial charge < -0.3 is 19.3 Å². The molecule has 0 atom stereocenters. The summed E-state index contributed by atoms with van der Waals surface area (Å²) in [6, 6.07) is 0. The van der Waals surface area contributed by atoms with Crippen LogP contribution in [0.25, 0.3) is 0 Å². The lowest BCUT2D eigenvalue weighted by Crippen LogP contribution is -2.22. The average molecular weight is 476 g/mol. The highest BCUT2D eigenvalue weighted by Crippen LogP contribution is 2.32. The number of carbonyl (C=O) groups excluding carboxylic acids is 1. The van der Waals surface area contributed by atoms with E-state index in [1.54, 1.807) is 0 Å². The Morgan fingerprint density at radius 1 is 0.650 bits per heavy atom. The van der Waals surface area contributed by atoms with Crippen molar-refractivity contribution >= 4 is 117 Å². The van der Waals surface area contributed by atoms with E-state index in [1.807, 2.05) is 0 Å². The number of hydrogen-bond acceptors (Lipinski definition) is 5. The van der Waals surface area contributed by atoms with E-state index in [0.29, 0.717) is 0 Å². The lowest BCUT2D eigenvalue weighted by atomic mass is 11.3. The van der Waals surface area contributed by atoms with Crippen molar-refractivity contribution in [2.75, 3.05) is 0 Å². The zero-order valence-electron chi connectivity index (χ0n) is 8.39. The summed E-state index contributed by atoms with van der Waals surface area (Å²) < 4.78 is 4.99. The van der Waals surface area contributed by atoms with Crippen molar-refractivity contribution in [1.29, 1.82) is 0 Å². The van der Waals surface area contributed by atoms with Crippen molar-refractivity contribution in [1.82, 2.24) is 0 Å². The second-order valence-corrected chi connectivity index (χ2v) is 8.69. The highest BCUT2D eigenvalue weighted by molar-refractivity contribution is 6.67. The molecular formula is C5HCl9O6. The van der Waals surface area contributed by atoms with Gasteiger partial charge >= 0.3 is 24.2 Å². The third kappa shape index (κ3) is 24.2. The van der Waals surface area contributed by atoms with E-state index in [1.165, 1.54) is 0 Å². The van der Waals surface area contributed by atoms with Crippen molar-refractivity contribution in [2.45, 2.75) is 11.9 Å². The molecule has 0 aromatic carbocycles. The van der Waals surface area contributed by atoms with Crippen molar-refractivity contribution < 1.29 is 28.9 Å². The lowest BCUT2D eigenvalue weighted by Gasteiger charge is -2.15. The van der Waals surface area contributed by atoms with Crippen LogP contribution in [0.4, 0.5) is 9.59 Å². The van der Waals surface area contributed by atoms with Crippen LogP contribution in [0.3, 0.4) is 0 Å². The maximum atomic E-state index is 10.5. The van der Waals surface area contributed by atoms with Gasteiger partial charge in [0.2, 0.25) is 0 Å². The number of ether oxygens (including phenoxy) is 3. The van der Waals surface area contributed by atoms with E-state index in [9.17, 15) is 9.59 Å². The third-order valence-electron chi connectivity index (χ3n) is 0.601. The van der Waals surface area contributed by atoms with Crippen LogP contribution < -0.4 is 0 Å². The van der Waals surface area contributed by atoms with Gasteiger partial charge in [-0.1, -0.05) is 0 Å². The Hall–Kier alpha value is 1.15. The molecule has 0 amide bonds. The molecule has 0 aliphatic heterocycles. The first-order valence-corrected chi connectivity index (χ1v) is 6.96.